The predicted octanol–water partition coefficient (Wildman–Crippen LogP) is 7.23. The lowest BCUT2D eigenvalue weighted by molar-refractivity contribution is 0.628. The van der Waals surface area contributed by atoms with E-state index in [0.717, 1.165) is 33.4 Å². The fourth-order valence-electron chi connectivity index (χ4n) is 3.23. The number of rotatable bonds is 4. The lowest BCUT2D eigenvalue weighted by atomic mass is 9.91. The molecule has 0 heterocycles. The average Bonchev–Trinajstić information content (AvgIpc) is 2.94. The first kappa shape index (κ1) is 19.7. The van der Waals surface area contributed by atoms with Crippen molar-refractivity contribution in [3.05, 3.63) is 113 Å². The summed E-state index contributed by atoms with van der Waals surface area (Å²) in [6.07, 6.45) is 12.4. The minimum Gasteiger partial charge on any atom is -0.398 e. The predicted molar refractivity (Wildman–Crippen MR) is 119 cm³/mol. The zero-order valence-corrected chi connectivity index (χ0v) is 16.4. The number of anilines is 1. The summed E-state index contributed by atoms with van der Waals surface area (Å²) in [5.41, 5.74) is 15.9. The zero-order valence-electron chi connectivity index (χ0n) is 15.7. The summed E-state index contributed by atoms with van der Waals surface area (Å²) in [5, 5.41) is 0.114. The molecule has 3 rings (SSSR count). The molecule has 0 bridgehead atoms. The molecule has 1 nitrogen and oxygen atoms in total. The number of nitrogens with two attached hydrogens (primary N) is 1. The van der Waals surface area contributed by atoms with Gasteiger partial charge in [-0.05, 0) is 59.9 Å². The van der Waals surface area contributed by atoms with Crippen molar-refractivity contribution in [1.82, 2.24) is 0 Å². The minimum atomic E-state index is -0.423. The highest BCUT2D eigenvalue weighted by molar-refractivity contribution is 6.31. The Hall–Kier alpha value is -3.06. The SMILES string of the molecule is C=CC(=C=CC)c1ccc(C2=C(c3ccc(F)c(Cl)c3)CC=CC=C2)cc1N. The van der Waals surface area contributed by atoms with E-state index >= 15 is 0 Å². The highest BCUT2D eigenvalue weighted by Gasteiger charge is 2.13. The molecule has 28 heavy (non-hydrogen) atoms. The molecule has 0 atom stereocenters. The van der Waals surface area contributed by atoms with Crippen LogP contribution in [0.5, 0.6) is 0 Å². The summed E-state index contributed by atoms with van der Waals surface area (Å²) in [6, 6.07) is 10.8. The first-order valence-electron chi connectivity index (χ1n) is 9.01. The molecule has 2 N–H and O–H groups in total. The van der Waals surface area contributed by atoms with Crippen LogP contribution in [-0.4, -0.2) is 0 Å². The summed E-state index contributed by atoms with van der Waals surface area (Å²) in [5.74, 6) is -0.423. The quantitative estimate of drug-likeness (QED) is 0.333. The van der Waals surface area contributed by atoms with Gasteiger partial charge in [0.2, 0.25) is 0 Å². The summed E-state index contributed by atoms with van der Waals surface area (Å²) in [4.78, 5) is 0. The summed E-state index contributed by atoms with van der Waals surface area (Å²) >= 11 is 6.02. The van der Waals surface area contributed by atoms with Gasteiger partial charge in [-0.2, -0.15) is 0 Å². The Balaban J connectivity index is 2.16. The molecule has 0 saturated carbocycles. The van der Waals surface area contributed by atoms with Crippen molar-refractivity contribution in [2.75, 3.05) is 5.73 Å². The maximum atomic E-state index is 13.6. The summed E-state index contributed by atoms with van der Waals surface area (Å²) < 4.78 is 13.6. The third-order valence-corrected chi connectivity index (χ3v) is 4.87. The number of nitrogen functional groups attached to an aromatic ring is 1. The Morgan fingerprint density at radius 1 is 1.18 bits per heavy atom. The van der Waals surface area contributed by atoms with Crippen molar-refractivity contribution in [2.45, 2.75) is 13.3 Å². The van der Waals surface area contributed by atoms with Gasteiger partial charge in [0.25, 0.3) is 0 Å². The Morgan fingerprint density at radius 2 is 1.96 bits per heavy atom. The van der Waals surface area contributed by atoms with E-state index in [9.17, 15) is 4.39 Å². The van der Waals surface area contributed by atoms with Crippen molar-refractivity contribution in [3.63, 3.8) is 0 Å². The van der Waals surface area contributed by atoms with Crippen molar-refractivity contribution in [2.24, 2.45) is 0 Å². The average molecular weight is 390 g/mol. The van der Waals surface area contributed by atoms with E-state index in [4.69, 9.17) is 17.3 Å². The molecule has 0 amide bonds. The maximum absolute atomic E-state index is 13.6. The van der Waals surface area contributed by atoms with E-state index in [-0.39, 0.29) is 5.02 Å². The number of hydrogen-bond donors (Lipinski definition) is 1. The van der Waals surface area contributed by atoms with E-state index in [0.29, 0.717) is 12.1 Å². The van der Waals surface area contributed by atoms with E-state index < -0.39 is 5.82 Å². The zero-order chi connectivity index (χ0) is 20.1. The first-order valence-corrected chi connectivity index (χ1v) is 9.38. The molecule has 0 radical (unpaired) electrons. The summed E-state index contributed by atoms with van der Waals surface area (Å²) in [6.45, 7) is 5.75. The maximum Gasteiger partial charge on any atom is 0.141 e. The second-order valence-electron chi connectivity index (χ2n) is 6.37. The number of allylic oxidation sites excluding steroid dienone is 8. The van der Waals surface area contributed by atoms with Crippen LogP contribution in [0.1, 0.15) is 30.0 Å². The Bertz CT molecular complexity index is 1080. The Kier molecular flexibility index (Phi) is 6.16. The topological polar surface area (TPSA) is 26.0 Å². The van der Waals surface area contributed by atoms with Gasteiger partial charge in [0, 0.05) is 16.8 Å². The highest BCUT2D eigenvalue weighted by atomic mass is 35.5. The Labute approximate surface area is 170 Å². The van der Waals surface area contributed by atoms with Gasteiger partial charge in [0.05, 0.1) is 5.02 Å². The van der Waals surface area contributed by atoms with Crippen LogP contribution in [0.25, 0.3) is 16.7 Å². The van der Waals surface area contributed by atoms with Crippen molar-refractivity contribution in [1.29, 1.82) is 0 Å². The van der Waals surface area contributed by atoms with Gasteiger partial charge >= 0.3 is 0 Å². The molecule has 1 aliphatic carbocycles. The van der Waals surface area contributed by atoms with Crippen LogP contribution in [0, 0.1) is 5.82 Å². The van der Waals surface area contributed by atoms with Crippen LogP contribution in [0.3, 0.4) is 0 Å². The minimum absolute atomic E-state index is 0.114. The van der Waals surface area contributed by atoms with Gasteiger partial charge in [-0.1, -0.05) is 66.8 Å². The van der Waals surface area contributed by atoms with Crippen molar-refractivity contribution in [3.8, 4) is 0 Å². The summed E-state index contributed by atoms with van der Waals surface area (Å²) in [7, 11) is 0. The van der Waals surface area contributed by atoms with Gasteiger partial charge in [-0.25, -0.2) is 4.39 Å². The Morgan fingerprint density at radius 3 is 2.64 bits per heavy atom. The smallest absolute Gasteiger partial charge is 0.141 e. The monoisotopic (exact) mass is 389 g/mol. The van der Waals surface area contributed by atoms with Crippen LogP contribution >= 0.6 is 11.6 Å². The van der Waals surface area contributed by atoms with Gasteiger partial charge in [-0.15, -0.1) is 5.73 Å². The molecule has 3 heteroatoms. The highest BCUT2D eigenvalue weighted by Crippen LogP contribution is 2.35. The molecule has 140 valence electrons. The molecular weight excluding hydrogens is 369 g/mol. The fourth-order valence-corrected chi connectivity index (χ4v) is 3.41. The van der Waals surface area contributed by atoms with Crippen molar-refractivity contribution >= 4 is 34.0 Å². The van der Waals surface area contributed by atoms with Gasteiger partial charge in [0.1, 0.15) is 5.82 Å². The largest absolute Gasteiger partial charge is 0.398 e. The third kappa shape index (κ3) is 4.09. The third-order valence-electron chi connectivity index (χ3n) is 4.58. The van der Waals surface area contributed by atoms with Crippen LogP contribution in [0.4, 0.5) is 10.1 Å². The van der Waals surface area contributed by atoms with E-state index in [1.54, 1.807) is 18.2 Å². The van der Waals surface area contributed by atoms with Gasteiger partial charge in [0.15, 0.2) is 0 Å². The number of hydrogen-bond acceptors (Lipinski definition) is 1. The molecular formula is C25H21ClFN. The molecule has 0 unspecified atom stereocenters. The molecule has 0 fully saturated rings. The second-order valence-corrected chi connectivity index (χ2v) is 6.77. The second kappa shape index (κ2) is 8.75. The van der Waals surface area contributed by atoms with Crippen molar-refractivity contribution < 1.29 is 4.39 Å². The van der Waals surface area contributed by atoms with E-state index in [1.165, 1.54) is 6.07 Å². The lowest BCUT2D eigenvalue weighted by Crippen LogP contribution is -1.96. The van der Waals surface area contributed by atoms with Gasteiger partial charge in [-0.3, -0.25) is 0 Å². The fraction of sp³-hybridized carbons (Fsp3) is 0.0800. The molecule has 0 spiro atoms. The number of benzene rings is 2. The molecule has 0 saturated heterocycles. The van der Waals surface area contributed by atoms with Crippen LogP contribution < -0.4 is 5.73 Å². The van der Waals surface area contributed by atoms with Gasteiger partial charge < -0.3 is 5.73 Å². The lowest BCUT2D eigenvalue weighted by Gasteiger charge is -2.14. The van der Waals surface area contributed by atoms with Crippen LogP contribution in [0.2, 0.25) is 5.02 Å². The molecule has 0 aromatic heterocycles. The normalized spacial score (nSPS) is 13.1. The molecule has 2 aromatic rings. The van der Waals surface area contributed by atoms with Crippen LogP contribution in [0.15, 0.2) is 85.2 Å². The van der Waals surface area contributed by atoms with E-state index in [2.05, 4.69) is 18.4 Å². The standard InChI is InChI=1S/C25H21ClFN/c1-3-8-17(4-2)22-13-11-19(16-25(22)28)21-10-7-5-6-9-20(21)18-12-14-24(27)23(26)15-18/h3-7,10-16H,2,9,28H2,1H3. The molecule has 0 aliphatic heterocycles. The molecule has 1 aliphatic rings. The first-order chi connectivity index (χ1) is 13.5. The molecule has 2 aromatic carbocycles. The van der Waals surface area contributed by atoms with E-state index in [1.807, 2.05) is 49.4 Å². The number of halogens is 2. The van der Waals surface area contributed by atoms with Crippen LogP contribution in [-0.2, 0) is 0 Å².